The van der Waals surface area contributed by atoms with Crippen molar-refractivity contribution in [3.63, 3.8) is 0 Å². The topological polar surface area (TPSA) is 178 Å². The number of aromatic nitrogens is 1. The van der Waals surface area contributed by atoms with E-state index in [1.165, 1.54) is 6.92 Å². The second-order valence-electron chi connectivity index (χ2n) is 7.30. The Morgan fingerprint density at radius 3 is 2.31 bits per heavy atom. The van der Waals surface area contributed by atoms with Crippen molar-refractivity contribution in [2.75, 3.05) is 62.1 Å². The maximum Gasteiger partial charge on any atom is 0.305 e. The van der Waals surface area contributed by atoms with Crippen molar-refractivity contribution in [2.24, 2.45) is 5.18 Å². The van der Waals surface area contributed by atoms with Crippen LogP contribution in [0.2, 0.25) is 0 Å². The minimum atomic E-state index is -0.902. The molecule has 0 atom stereocenters. The highest BCUT2D eigenvalue weighted by molar-refractivity contribution is 7.19. The van der Waals surface area contributed by atoms with Gasteiger partial charge < -0.3 is 30.0 Å². The predicted octanol–water partition coefficient (Wildman–Crippen LogP) is 3.00. The van der Waals surface area contributed by atoms with Crippen LogP contribution in [-0.4, -0.2) is 74.1 Å². The number of benzene rings is 1. The van der Waals surface area contributed by atoms with Crippen LogP contribution in [0.1, 0.15) is 29.4 Å². The Morgan fingerprint density at radius 1 is 1.03 bits per heavy atom. The standard InChI is InChI=1S/C22H29N5O8S/c1-14-21(27-32)36-22(24-14)26-20(31)17-4-3-16(13-18(17)25-15(2)28)23-6-8-34-10-12-35-11-9-33-7-5-19(29)30/h3-4,13,23H,5-12H2,1-2H3,(H,25,28)(H,29,30)(H,24,26,31). The SMILES string of the molecule is CC(=O)Nc1cc(NCCOCCOCCOCCC(=O)O)ccc1C(=O)Nc1nc(C)c(N=O)s1. The van der Waals surface area contributed by atoms with Crippen LogP contribution in [0.3, 0.4) is 0 Å². The molecule has 0 bridgehead atoms. The summed E-state index contributed by atoms with van der Waals surface area (Å²) in [5, 5.41) is 20.2. The second kappa shape index (κ2) is 15.5. The summed E-state index contributed by atoms with van der Waals surface area (Å²) in [4.78, 5) is 49.6. The van der Waals surface area contributed by atoms with Crippen LogP contribution in [0.5, 0.6) is 0 Å². The smallest absolute Gasteiger partial charge is 0.305 e. The Kier molecular flexibility index (Phi) is 12.4. The first-order chi connectivity index (χ1) is 17.3. The van der Waals surface area contributed by atoms with Crippen LogP contribution in [0.15, 0.2) is 23.4 Å². The van der Waals surface area contributed by atoms with Gasteiger partial charge >= 0.3 is 5.97 Å². The summed E-state index contributed by atoms with van der Waals surface area (Å²) >= 11 is 0.961. The highest BCUT2D eigenvalue weighted by atomic mass is 32.1. The van der Waals surface area contributed by atoms with Crippen molar-refractivity contribution in [3.05, 3.63) is 34.4 Å². The lowest BCUT2D eigenvalue weighted by Crippen LogP contribution is -2.17. The van der Waals surface area contributed by atoms with Crippen LogP contribution in [-0.2, 0) is 23.8 Å². The van der Waals surface area contributed by atoms with Crippen LogP contribution < -0.4 is 16.0 Å². The van der Waals surface area contributed by atoms with Gasteiger partial charge in [-0.25, -0.2) is 4.98 Å². The number of nitroso groups, excluding NO2 is 1. The van der Waals surface area contributed by atoms with Gasteiger partial charge in [-0.2, -0.15) is 0 Å². The third kappa shape index (κ3) is 10.4. The number of hydrogen-bond acceptors (Lipinski definition) is 11. The molecule has 1 heterocycles. The first-order valence-corrected chi connectivity index (χ1v) is 11.8. The molecule has 0 aliphatic heterocycles. The molecule has 14 heteroatoms. The van der Waals surface area contributed by atoms with Gasteiger partial charge in [0.2, 0.25) is 5.91 Å². The zero-order valence-corrected chi connectivity index (χ0v) is 20.8. The number of rotatable bonds is 17. The van der Waals surface area contributed by atoms with Gasteiger partial charge in [0.1, 0.15) is 0 Å². The summed E-state index contributed by atoms with van der Waals surface area (Å²) in [5.74, 6) is -1.73. The van der Waals surface area contributed by atoms with Crippen LogP contribution >= 0.6 is 11.3 Å². The number of carbonyl (C=O) groups is 3. The van der Waals surface area contributed by atoms with Gasteiger partial charge in [-0.1, -0.05) is 11.3 Å². The fourth-order valence-corrected chi connectivity index (χ4v) is 3.55. The number of aryl methyl sites for hydroxylation is 1. The second-order valence-corrected chi connectivity index (χ2v) is 8.28. The van der Waals surface area contributed by atoms with Crippen LogP contribution in [0.4, 0.5) is 21.5 Å². The lowest BCUT2D eigenvalue weighted by atomic mass is 10.1. The van der Waals surface area contributed by atoms with Crippen LogP contribution in [0, 0.1) is 11.8 Å². The number of carboxylic acid groups (broad SMARTS) is 1. The molecule has 1 aromatic heterocycles. The summed E-state index contributed by atoms with van der Waals surface area (Å²) in [6, 6.07) is 4.89. The number of ether oxygens (including phenoxy) is 3. The number of hydrogen-bond donors (Lipinski definition) is 4. The molecule has 0 saturated carbocycles. The molecule has 2 rings (SSSR count). The fraction of sp³-hybridized carbons (Fsp3) is 0.455. The van der Waals surface area contributed by atoms with Crippen molar-refractivity contribution in [1.82, 2.24) is 4.98 Å². The first kappa shape index (κ1) is 28.8. The summed E-state index contributed by atoms with van der Waals surface area (Å²) in [7, 11) is 0. The highest BCUT2D eigenvalue weighted by Gasteiger charge is 2.16. The minimum absolute atomic E-state index is 0.0359. The van der Waals surface area contributed by atoms with Crippen molar-refractivity contribution in [2.45, 2.75) is 20.3 Å². The number of amides is 2. The van der Waals surface area contributed by atoms with Crippen molar-refractivity contribution in [3.8, 4) is 0 Å². The van der Waals surface area contributed by atoms with E-state index in [-0.39, 0.29) is 34.6 Å². The monoisotopic (exact) mass is 523 g/mol. The Hall–Kier alpha value is -3.46. The molecule has 36 heavy (non-hydrogen) atoms. The molecule has 0 fully saturated rings. The molecule has 0 aliphatic carbocycles. The number of anilines is 3. The molecule has 0 unspecified atom stereocenters. The molecule has 0 spiro atoms. The van der Waals surface area contributed by atoms with Gasteiger partial charge in [-0.15, -0.1) is 4.91 Å². The van der Waals surface area contributed by atoms with E-state index in [1.807, 2.05) is 0 Å². The minimum Gasteiger partial charge on any atom is -0.481 e. The van der Waals surface area contributed by atoms with E-state index in [0.717, 1.165) is 11.3 Å². The van der Waals surface area contributed by atoms with E-state index in [4.69, 9.17) is 19.3 Å². The van der Waals surface area contributed by atoms with Crippen LogP contribution in [0.25, 0.3) is 0 Å². The molecular weight excluding hydrogens is 494 g/mol. The van der Waals surface area contributed by atoms with Gasteiger partial charge in [-0.05, 0) is 30.3 Å². The first-order valence-electron chi connectivity index (χ1n) is 11.0. The number of aliphatic carboxylic acids is 1. The highest BCUT2D eigenvalue weighted by Crippen LogP contribution is 2.31. The number of carboxylic acids is 1. The quantitative estimate of drug-likeness (QED) is 0.178. The number of nitrogens with zero attached hydrogens (tertiary/aromatic N) is 2. The largest absolute Gasteiger partial charge is 0.481 e. The average Bonchev–Trinajstić information content (AvgIpc) is 3.18. The molecule has 0 aliphatic rings. The van der Waals surface area contributed by atoms with Crippen molar-refractivity contribution >= 4 is 50.6 Å². The van der Waals surface area contributed by atoms with E-state index in [9.17, 15) is 19.3 Å². The van der Waals surface area contributed by atoms with Gasteiger partial charge in [0.25, 0.3) is 5.91 Å². The van der Waals surface area contributed by atoms with E-state index >= 15 is 0 Å². The Morgan fingerprint density at radius 2 is 1.69 bits per heavy atom. The van der Waals surface area contributed by atoms with Gasteiger partial charge in [0.15, 0.2) is 10.1 Å². The maximum atomic E-state index is 12.7. The summed E-state index contributed by atoms with van der Waals surface area (Å²) < 4.78 is 15.9. The third-order valence-corrected chi connectivity index (χ3v) is 5.38. The number of carbonyl (C=O) groups excluding carboxylic acids is 2. The Balaban J connectivity index is 1.76. The molecule has 4 N–H and O–H groups in total. The average molecular weight is 524 g/mol. The molecule has 2 aromatic rings. The lowest BCUT2D eigenvalue weighted by molar-refractivity contribution is -0.138. The summed E-state index contributed by atoms with van der Waals surface area (Å²) in [6.07, 6.45) is -0.0359. The third-order valence-electron chi connectivity index (χ3n) is 4.43. The van der Waals surface area contributed by atoms with Crippen molar-refractivity contribution in [1.29, 1.82) is 0 Å². The molecule has 1 aromatic carbocycles. The van der Waals surface area contributed by atoms with Gasteiger partial charge in [0.05, 0.1) is 63.0 Å². The molecule has 196 valence electrons. The maximum absolute atomic E-state index is 12.7. The molecule has 0 saturated heterocycles. The van der Waals surface area contributed by atoms with E-state index in [1.54, 1.807) is 25.1 Å². The Labute approximate surface area is 211 Å². The molecule has 0 radical (unpaired) electrons. The van der Waals surface area contributed by atoms with E-state index < -0.39 is 11.9 Å². The summed E-state index contributed by atoms with van der Waals surface area (Å²) in [6.45, 7) is 5.41. The molecular formula is C22H29N5O8S. The predicted molar refractivity (Wildman–Crippen MR) is 134 cm³/mol. The number of thiazole rings is 1. The fourth-order valence-electron chi connectivity index (χ4n) is 2.81. The lowest BCUT2D eigenvalue weighted by Gasteiger charge is -2.13. The van der Waals surface area contributed by atoms with Crippen molar-refractivity contribution < 1.29 is 33.7 Å². The normalized spacial score (nSPS) is 10.6. The zero-order chi connectivity index (χ0) is 26.3. The molecule has 2 amide bonds. The summed E-state index contributed by atoms with van der Waals surface area (Å²) in [5.41, 5.74) is 1.63. The van der Waals surface area contributed by atoms with E-state index in [0.29, 0.717) is 56.6 Å². The van der Waals surface area contributed by atoms with E-state index in [2.05, 4.69) is 26.1 Å². The molecule has 13 nitrogen and oxygen atoms in total. The number of nitrogens with one attached hydrogen (secondary N) is 3. The Bertz CT molecular complexity index is 1050. The zero-order valence-electron chi connectivity index (χ0n) is 20.0. The van der Waals surface area contributed by atoms with Gasteiger partial charge in [0, 0.05) is 19.2 Å². The van der Waals surface area contributed by atoms with Gasteiger partial charge in [-0.3, -0.25) is 19.7 Å².